The van der Waals surface area contributed by atoms with Gasteiger partial charge in [-0.25, -0.2) is 4.98 Å². The van der Waals surface area contributed by atoms with Crippen molar-refractivity contribution in [2.45, 2.75) is 40.0 Å². The minimum absolute atomic E-state index is 0.0524. The summed E-state index contributed by atoms with van der Waals surface area (Å²) in [5.74, 6) is 0. The van der Waals surface area contributed by atoms with Crippen LogP contribution in [0.15, 0.2) is 29.6 Å². The van der Waals surface area contributed by atoms with E-state index in [1.807, 2.05) is 32.0 Å². The van der Waals surface area contributed by atoms with E-state index in [1.54, 1.807) is 11.3 Å². The van der Waals surface area contributed by atoms with E-state index < -0.39 is 0 Å². The van der Waals surface area contributed by atoms with Gasteiger partial charge in [0.25, 0.3) is 0 Å². The maximum Gasteiger partial charge on any atom is 0.122 e. The minimum atomic E-state index is 0.0524. The quantitative estimate of drug-likeness (QED) is 0.804. The molecule has 4 nitrogen and oxygen atoms in total. The van der Waals surface area contributed by atoms with Crippen LogP contribution in [0.25, 0.3) is 0 Å². The predicted molar refractivity (Wildman–Crippen MR) is 91.2 cm³/mol. The highest BCUT2D eigenvalue weighted by Crippen LogP contribution is 2.24. The number of rotatable bonds is 8. The molecule has 0 aliphatic carbocycles. The molecule has 120 valence electrons. The molecular formula is C17H24N2O2S. The Hall–Kier alpha value is -1.43. The van der Waals surface area contributed by atoms with Crippen LogP contribution >= 0.6 is 11.3 Å². The molecule has 0 aliphatic rings. The van der Waals surface area contributed by atoms with Gasteiger partial charge in [0, 0.05) is 24.2 Å². The summed E-state index contributed by atoms with van der Waals surface area (Å²) in [6.07, 6.45) is 0.0524. The summed E-state index contributed by atoms with van der Waals surface area (Å²) in [5, 5.41) is 12.4. The number of thiazole rings is 1. The number of aromatic nitrogens is 1. The van der Waals surface area contributed by atoms with Crippen molar-refractivity contribution in [3.05, 3.63) is 45.9 Å². The van der Waals surface area contributed by atoms with Crippen LogP contribution in [0.2, 0.25) is 0 Å². The smallest absolute Gasteiger partial charge is 0.122 e. The van der Waals surface area contributed by atoms with Crippen molar-refractivity contribution in [3.63, 3.8) is 0 Å². The molecule has 0 fully saturated rings. The van der Waals surface area contributed by atoms with Crippen molar-refractivity contribution in [2.75, 3.05) is 18.1 Å². The molecule has 2 aromatic rings. The van der Waals surface area contributed by atoms with Crippen molar-refractivity contribution < 1.29 is 9.84 Å². The Kier molecular flexibility index (Phi) is 6.36. The molecule has 1 atom stereocenters. The van der Waals surface area contributed by atoms with Gasteiger partial charge in [-0.1, -0.05) is 12.1 Å². The zero-order chi connectivity index (χ0) is 15.9. The Morgan fingerprint density at radius 3 is 2.86 bits per heavy atom. The third-order valence-corrected chi connectivity index (χ3v) is 4.58. The van der Waals surface area contributed by atoms with Gasteiger partial charge in [-0.3, -0.25) is 0 Å². The molecule has 0 unspecified atom stereocenters. The van der Waals surface area contributed by atoms with Gasteiger partial charge >= 0.3 is 0 Å². The molecule has 1 heterocycles. The molecule has 5 heteroatoms. The summed E-state index contributed by atoms with van der Waals surface area (Å²) in [4.78, 5) is 6.94. The second-order valence-electron chi connectivity index (χ2n) is 5.12. The molecular weight excluding hydrogens is 296 g/mol. The van der Waals surface area contributed by atoms with Gasteiger partial charge in [-0.2, -0.15) is 0 Å². The fourth-order valence-electron chi connectivity index (χ4n) is 2.34. The lowest BCUT2D eigenvalue weighted by molar-refractivity contribution is 0.0761. The molecule has 1 aromatic carbocycles. The van der Waals surface area contributed by atoms with E-state index >= 15 is 0 Å². The number of anilines is 1. The van der Waals surface area contributed by atoms with Gasteiger partial charge in [-0.05, 0) is 38.5 Å². The third kappa shape index (κ3) is 4.29. The van der Waals surface area contributed by atoms with Crippen molar-refractivity contribution in [1.82, 2.24) is 4.98 Å². The summed E-state index contributed by atoms with van der Waals surface area (Å²) in [5.41, 5.74) is 3.10. The van der Waals surface area contributed by atoms with Crippen LogP contribution in [0, 0.1) is 0 Å². The van der Waals surface area contributed by atoms with Crippen LogP contribution in [0.1, 0.15) is 43.1 Å². The van der Waals surface area contributed by atoms with Crippen LogP contribution in [-0.2, 0) is 17.9 Å². The monoisotopic (exact) mass is 320 g/mol. The maximum absolute atomic E-state index is 9.28. The van der Waals surface area contributed by atoms with E-state index in [0.29, 0.717) is 6.61 Å². The lowest BCUT2D eigenvalue weighted by atomic mass is 10.2. The first kappa shape index (κ1) is 16.9. The molecule has 1 aromatic heterocycles. The number of nitrogens with zero attached hydrogens (tertiary/aromatic N) is 2. The molecule has 22 heavy (non-hydrogen) atoms. The van der Waals surface area contributed by atoms with Gasteiger partial charge < -0.3 is 14.7 Å². The Morgan fingerprint density at radius 2 is 2.18 bits per heavy atom. The Morgan fingerprint density at radius 1 is 1.36 bits per heavy atom. The highest BCUT2D eigenvalue weighted by atomic mass is 32.1. The van der Waals surface area contributed by atoms with E-state index in [1.165, 1.54) is 0 Å². The number of aliphatic hydroxyl groups is 1. The third-order valence-electron chi connectivity index (χ3n) is 3.53. The molecule has 0 saturated heterocycles. The molecule has 0 saturated carbocycles. The van der Waals surface area contributed by atoms with Crippen molar-refractivity contribution in [3.8, 4) is 0 Å². The fourth-order valence-corrected chi connectivity index (χ4v) is 3.15. The zero-order valence-electron chi connectivity index (χ0n) is 13.5. The van der Waals surface area contributed by atoms with Crippen LogP contribution < -0.4 is 4.90 Å². The van der Waals surface area contributed by atoms with Gasteiger partial charge in [0.1, 0.15) is 11.1 Å². The lowest BCUT2D eigenvalue weighted by Gasteiger charge is -2.22. The second-order valence-corrected chi connectivity index (χ2v) is 6.01. The van der Waals surface area contributed by atoms with Crippen LogP contribution in [-0.4, -0.2) is 23.2 Å². The number of hydrogen-bond donors (Lipinski definition) is 1. The van der Waals surface area contributed by atoms with Gasteiger partial charge in [0.15, 0.2) is 0 Å². The largest absolute Gasteiger partial charge is 0.392 e. The Bertz CT molecular complexity index is 586. The number of benzene rings is 1. The SMILES string of the molecule is CCO[C@@H](C)c1nc(CN(CC)c2cccc(CO)c2)cs1. The normalized spacial score (nSPS) is 12.4. The maximum atomic E-state index is 9.28. The summed E-state index contributed by atoms with van der Waals surface area (Å²) in [7, 11) is 0. The van der Waals surface area contributed by atoms with Crippen molar-refractivity contribution in [1.29, 1.82) is 0 Å². The van der Waals surface area contributed by atoms with Crippen LogP contribution in [0.4, 0.5) is 5.69 Å². The average Bonchev–Trinajstić information content (AvgIpc) is 3.01. The van der Waals surface area contributed by atoms with Crippen molar-refractivity contribution in [2.24, 2.45) is 0 Å². The van der Waals surface area contributed by atoms with Gasteiger partial charge in [-0.15, -0.1) is 11.3 Å². The molecule has 0 radical (unpaired) electrons. The Labute approximate surface area is 136 Å². The topological polar surface area (TPSA) is 45.6 Å². The first-order chi connectivity index (χ1) is 10.7. The zero-order valence-corrected chi connectivity index (χ0v) is 14.3. The first-order valence-corrected chi connectivity index (χ1v) is 8.56. The van der Waals surface area contributed by atoms with E-state index in [2.05, 4.69) is 28.3 Å². The summed E-state index contributed by atoms with van der Waals surface area (Å²) in [6.45, 7) is 8.58. The van der Waals surface area contributed by atoms with Gasteiger partial charge in [0.2, 0.25) is 0 Å². The van der Waals surface area contributed by atoms with Gasteiger partial charge in [0.05, 0.1) is 18.8 Å². The summed E-state index contributed by atoms with van der Waals surface area (Å²) in [6, 6.07) is 8.01. The van der Waals surface area contributed by atoms with Crippen LogP contribution in [0.5, 0.6) is 0 Å². The first-order valence-electron chi connectivity index (χ1n) is 7.68. The number of ether oxygens (including phenoxy) is 1. The Balaban J connectivity index is 2.09. The fraction of sp³-hybridized carbons (Fsp3) is 0.471. The van der Waals surface area contributed by atoms with E-state index in [0.717, 1.165) is 35.0 Å². The molecule has 0 spiro atoms. The predicted octanol–water partition coefficient (Wildman–Crippen LogP) is 3.76. The molecule has 0 aliphatic heterocycles. The van der Waals surface area contributed by atoms with Crippen molar-refractivity contribution >= 4 is 17.0 Å². The summed E-state index contributed by atoms with van der Waals surface area (Å²) < 4.78 is 5.59. The lowest BCUT2D eigenvalue weighted by Crippen LogP contribution is -2.22. The highest BCUT2D eigenvalue weighted by Gasteiger charge is 2.13. The highest BCUT2D eigenvalue weighted by molar-refractivity contribution is 7.09. The second kappa shape index (κ2) is 8.27. The standard InChI is InChI=1S/C17H24N2O2S/c1-4-19(16-8-6-7-14(9-16)11-20)10-15-12-22-17(18-15)13(3)21-5-2/h6-9,12-13,20H,4-5,10-11H2,1-3H3/t13-/m0/s1. The molecule has 2 rings (SSSR count). The summed E-state index contributed by atoms with van der Waals surface area (Å²) >= 11 is 1.65. The number of hydrogen-bond acceptors (Lipinski definition) is 5. The molecule has 1 N–H and O–H groups in total. The van der Waals surface area contributed by atoms with E-state index in [-0.39, 0.29) is 12.7 Å². The number of aliphatic hydroxyl groups excluding tert-OH is 1. The molecule has 0 amide bonds. The van der Waals surface area contributed by atoms with E-state index in [9.17, 15) is 5.11 Å². The minimum Gasteiger partial charge on any atom is -0.392 e. The van der Waals surface area contributed by atoms with E-state index in [4.69, 9.17) is 4.74 Å². The average molecular weight is 320 g/mol. The van der Waals surface area contributed by atoms with Crippen LogP contribution in [0.3, 0.4) is 0 Å². The molecule has 0 bridgehead atoms.